The zero-order valence-electron chi connectivity index (χ0n) is 13.6. The molecule has 0 saturated carbocycles. The zero-order valence-corrected chi connectivity index (χ0v) is 13.6. The summed E-state index contributed by atoms with van der Waals surface area (Å²) in [7, 11) is 1.62. The molecule has 0 unspecified atom stereocenters. The van der Waals surface area contributed by atoms with E-state index in [0.717, 1.165) is 12.0 Å². The van der Waals surface area contributed by atoms with E-state index in [0.29, 0.717) is 44.4 Å². The number of nitrogens with one attached hydrogen (secondary N) is 2. The van der Waals surface area contributed by atoms with E-state index in [1.807, 2.05) is 32.0 Å². The predicted octanol–water partition coefficient (Wildman–Crippen LogP) is 2.57. The highest BCUT2D eigenvalue weighted by atomic mass is 16.5. The molecule has 0 aliphatic rings. The van der Waals surface area contributed by atoms with Crippen molar-refractivity contribution in [1.82, 2.24) is 5.32 Å². The molecule has 1 aromatic rings. The van der Waals surface area contributed by atoms with Crippen LogP contribution in [0.25, 0.3) is 0 Å². The summed E-state index contributed by atoms with van der Waals surface area (Å²) >= 11 is 0. The van der Waals surface area contributed by atoms with Crippen LogP contribution < -0.4 is 15.4 Å². The van der Waals surface area contributed by atoms with Gasteiger partial charge in [-0.2, -0.15) is 0 Å². The van der Waals surface area contributed by atoms with Crippen LogP contribution in [0.3, 0.4) is 0 Å². The van der Waals surface area contributed by atoms with Gasteiger partial charge in [-0.05, 0) is 38.0 Å². The van der Waals surface area contributed by atoms with Crippen molar-refractivity contribution < 1.29 is 19.0 Å². The van der Waals surface area contributed by atoms with Crippen LogP contribution in [-0.4, -0.2) is 46.1 Å². The predicted molar refractivity (Wildman–Crippen MR) is 86.7 cm³/mol. The Balaban J connectivity index is 2.47. The quantitative estimate of drug-likeness (QED) is 0.652. The summed E-state index contributed by atoms with van der Waals surface area (Å²) in [6.07, 6.45) is 0.784. The van der Waals surface area contributed by atoms with E-state index in [1.54, 1.807) is 7.11 Å². The average Bonchev–Trinajstić information content (AvgIpc) is 2.50. The van der Waals surface area contributed by atoms with Crippen LogP contribution in [0.2, 0.25) is 0 Å². The number of anilines is 1. The fourth-order valence-electron chi connectivity index (χ4n) is 1.77. The maximum atomic E-state index is 11.9. The summed E-state index contributed by atoms with van der Waals surface area (Å²) in [5, 5.41) is 5.59. The lowest BCUT2D eigenvalue weighted by molar-refractivity contribution is 0.145. The van der Waals surface area contributed by atoms with Crippen molar-refractivity contribution >= 4 is 11.7 Å². The van der Waals surface area contributed by atoms with Crippen molar-refractivity contribution in [3.63, 3.8) is 0 Å². The highest BCUT2D eigenvalue weighted by Gasteiger charge is 2.08. The first kappa shape index (κ1) is 18.3. The molecule has 2 amide bonds. The van der Waals surface area contributed by atoms with Crippen molar-refractivity contribution in [2.75, 3.05) is 45.4 Å². The Morgan fingerprint density at radius 2 is 2.05 bits per heavy atom. The van der Waals surface area contributed by atoms with Gasteiger partial charge in [0.05, 0.1) is 12.3 Å². The summed E-state index contributed by atoms with van der Waals surface area (Å²) in [6, 6.07) is 5.39. The van der Waals surface area contributed by atoms with Gasteiger partial charge < -0.3 is 24.8 Å². The second kappa shape index (κ2) is 10.9. The average molecular weight is 310 g/mol. The molecule has 2 N–H and O–H groups in total. The monoisotopic (exact) mass is 310 g/mol. The molecule has 22 heavy (non-hydrogen) atoms. The number of amides is 2. The normalized spacial score (nSPS) is 10.3. The Labute approximate surface area is 132 Å². The molecular weight excluding hydrogens is 284 g/mol. The maximum Gasteiger partial charge on any atom is 0.319 e. The Hall–Kier alpha value is -1.79. The van der Waals surface area contributed by atoms with Gasteiger partial charge >= 0.3 is 6.03 Å². The lowest BCUT2D eigenvalue weighted by Gasteiger charge is -2.14. The highest BCUT2D eigenvalue weighted by molar-refractivity contribution is 5.90. The first-order valence-corrected chi connectivity index (χ1v) is 7.52. The lowest BCUT2D eigenvalue weighted by Crippen LogP contribution is -2.30. The number of aryl methyl sites for hydroxylation is 1. The van der Waals surface area contributed by atoms with Crippen molar-refractivity contribution in [1.29, 1.82) is 0 Å². The van der Waals surface area contributed by atoms with Gasteiger partial charge in [-0.25, -0.2) is 4.79 Å². The molecule has 6 heteroatoms. The second-order valence-electron chi connectivity index (χ2n) is 4.77. The fourth-order valence-corrected chi connectivity index (χ4v) is 1.77. The van der Waals surface area contributed by atoms with Crippen LogP contribution in [0, 0.1) is 6.92 Å². The topological polar surface area (TPSA) is 68.8 Å². The first-order chi connectivity index (χ1) is 10.7. The van der Waals surface area contributed by atoms with Gasteiger partial charge in [0.1, 0.15) is 12.4 Å². The number of urea groups is 1. The van der Waals surface area contributed by atoms with Gasteiger partial charge in [0, 0.05) is 26.9 Å². The number of rotatable bonds is 10. The van der Waals surface area contributed by atoms with Crippen LogP contribution in [0.4, 0.5) is 10.5 Å². The van der Waals surface area contributed by atoms with Gasteiger partial charge in [0.15, 0.2) is 0 Å². The summed E-state index contributed by atoms with van der Waals surface area (Å²) in [5.41, 5.74) is 1.71. The summed E-state index contributed by atoms with van der Waals surface area (Å²) in [4.78, 5) is 11.9. The second-order valence-corrected chi connectivity index (χ2v) is 4.77. The molecule has 124 valence electrons. The van der Waals surface area contributed by atoms with Crippen LogP contribution in [0.5, 0.6) is 5.75 Å². The fraction of sp³-hybridized carbons (Fsp3) is 0.562. The SMILES string of the molecule is CCOCCCNC(=O)Nc1ccc(C)cc1OCCOC. The number of hydrogen-bond donors (Lipinski definition) is 2. The molecule has 0 saturated heterocycles. The van der Waals surface area contributed by atoms with E-state index >= 15 is 0 Å². The number of methoxy groups -OCH3 is 1. The number of benzene rings is 1. The van der Waals surface area contributed by atoms with Gasteiger partial charge in [-0.15, -0.1) is 0 Å². The van der Waals surface area contributed by atoms with E-state index in [1.165, 1.54) is 0 Å². The summed E-state index contributed by atoms with van der Waals surface area (Å²) in [6.45, 7) is 6.76. The summed E-state index contributed by atoms with van der Waals surface area (Å²) in [5.74, 6) is 0.640. The minimum absolute atomic E-state index is 0.253. The van der Waals surface area contributed by atoms with E-state index < -0.39 is 0 Å². The zero-order chi connectivity index (χ0) is 16.2. The van der Waals surface area contributed by atoms with Crippen molar-refractivity contribution in [2.24, 2.45) is 0 Å². The molecular formula is C16H26N2O4. The lowest BCUT2D eigenvalue weighted by atomic mass is 10.2. The van der Waals surface area contributed by atoms with Crippen molar-refractivity contribution in [3.8, 4) is 5.75 Å². The highest BCUT2D eigenvalue weighted by Crippen LogP contribution is 2.25. The van der Waals surface area contributed by atoms with Crippen molar-refractivity contribution in [3.05, 3.63) is 23.8 Å². The number of ether oxygens (including phenoxy) is 3. The molecule has 0 spiro atoms. The third-order valence-electron chi connectivity index (χ3n) is 2.89. The standard InChI is InChI=1S/C16H26N2O4/c1-4-21-9-5-8-17-16(19)18-14-7-6-13(2)12-15(14)22-11-10-20-3/h6-7,12H,4-5,8-11H2,1-3H3,(H2,17,18,19). The van der Waals surface area contributed by atoms with Crippen LogP contribution in [-0.2, 0) is 9.47 Å². The van der Waals surface area contributed by atoms with E-state index in [2.05, 4.69) is 10.6 Å². The Morgan fingerprint density at radius 1 is 1.23 bits per heavy atom. The number of carbonyl (C=O) groups excluding carboxylic acids is 1. The van der Waals surface area contributed by atoms with Gasteiger partial charge in [-0.3, -0.25) is 0 Å². The third-order valence-corrected chi connectivity index (χ3v) is 2.89. The molecule has 0 aliphatic carbocycles. The molecule has 0 aromatic heterocycles. The van der Waals surface area contributed by atoms with Gasteiger partial charge in [0.25, 0.3) is 0 Å². The Bertz CT molecular complexity index is 452. The largest absolute Gasteiger partial charge is 0.489 e. The molecule has 0 atom stereocenters. The van der Waals surface area contributed by atoms with Crippen molar-refractivity contribution in [2.45, 2.75) is 20.3 Å². The molecule has 0 heterocycles. The van der Waals surface area contributed by atoms with E-state index in [9.17, 15) is 4.79 Å². The molecule has 0 bridgehead atoms. The van der Waals surface area contributed by atoms with Gasteiger partial charge in [-0.1, -0.05) is 6.07 Å². The van der Waals surface area contributed by atoms with Crippen LogP contribution in [0.1, 0.15) is 18.9 Å². The minimum atomic E-state index is -0.253. The Kier molecular flexibility index (Phi) is 9.02. The Morgan fingerprint density at radius 3 is 2.77 bits per heavy atom. The molecule has 0 radical (unpaired) electrons. The van der Waals surface area contributed by atoms with Gasteiger partial charge in [0.2, 0.25) is 0 Å². The molecule has 0 aliphatic heterocycles. The van der Waals surface area contributed by atoms with E-state index in [-0.39, 0.29) is 6.03 Å². The maximum absolute atomic E-state index is 11.9. The third kappa shape index (κ3) is 7.28. The van der Waals surface area contributed by atoms with Crippen LogP contribution in [0.15, 0.2) is 18.2 Å². The van der Waals surface area contributed by atoms with E-state index in [4.69, 9.17) is 14.2 Å². The molecule has 1 aromatic carbocycles. The number of hydrogen-bond acceptors (Lipinski definition) is 4. The minimum Gasteiger partial charge on any atom is -0.489 e. The summed E-state index contributed by atoms with van der Waals surface area (Å²) < 4.78 is 15.8. The first-order valence-electron chi connectivity index (χ1n) is 7.52. The number of carbonyl (C=O) groups is 1. The molecule has 6 nitrogen and oxygen atoms in total. The molecule has 0 fully saturated rings. The smallest absolute Gasteiger partial charge is 0.319 e. The molecule has 1 rings (SSSR count). The van der Waals surface area contributed by atoms with Crippen LogP contribution >= 0.6 is 0 Å².